The van der Waals surface area contributed by atoms with Crippen LogP contribution in [0.5, 0.6) is 0 Å². The molecule has 0 aromatic rings. The smallest absolute Gasteiger partial charge is 0.335 e. The van der Waals surface area contributed by atoms with E-state index < -0.39 is 104 Å². The first-order valence-corrected chi connectivity index (χ1v) is 26.5. The van der Waals surface area contributed by atoms with Crippen LogP contribution in [0.1, 0.15) is 126 Å². The molecular formula is C51H82N3O14P. The second-order valence-corrected chi connectivity index (χ2v) is 21.8. The third kappa shape index (κ3) is 16.1. The van der Waals surface area contributed by atoms with Crippen LogP contribution in [0.4, 0.5) is 0 Å². The average Bonchev–Trinajstić information content (AvgIpc) is 3.30. The number of Topliss-reactive ketones (excluding diaryl/α,β-unsaturated/α-hetero) is 3. The van der Waals surface area contributed by atoms with E-state index in [-0.39, 0.29) is 42.8 Å². The van der Waals surface area contributed by atoms with E-state index in [2.05, 4.69) is 0 Å². The molecule has 3 fully saturated rings. The molecule has 18 heteroatoms. The molecule has 0 aromatic carbocycles. The zero-order valence-corrected chi connectivity index (χ0v) is 43.5. The highest BCUT2D eigenvalue weighted by atomic mass is 31.2. The molecule has 0 radical (unpaired) electrons. The highest BCUT2D eigenvalue weighted by Crippen LogP contribution is 2.41. The number of hydrogen-bond acceptors (Lipinski definition) is 14. The maximum absolute atomic E-state index is 14.5. The third-order valence-electron chi connectivity index (χ3n) is 14.8. The SMILES string of the molecule is CO[C@H]1C[C@@H]2CC[C@@H](C)[C@@](O)(O2)C(=O)C(=O)N2CCCCC2C(=O)O[C@H]([C@H](C)C[C@@H]2CC[C@@H](OP(N)(N)=O)[C@H](OC)C2)CC(=O)[C@H](C)/C=C(\C)[C@@H](O)[C@@H](OC)C(=O)[C@H](C)C[C@H](C)/C=C/C=C/C=C/1C. The Hall–Kier alpha value is -3.22. The molecule has 1 amide bonds. The molecule has 17 nitrogen and oxygen atoms in total. The Kier molecular flexibility index (Phi) is 22.4. The molecule has 1 saturated carbocycles. The Morgan fingerprint density at radius 3 is 2.23 bits per heavy atom. The number of aliphatic hydroxyl groups excluding tert-OH is 1. The first-order valence-electron chi connectivity index (χ1n) is 24.8. The second kappa shape index (κ2) is 26.5. The van der Waals surface area contributed by atoms with Crippen LogP contribution in [-0.2, 0) is 56.7 Å². The highest BCUT2D eigenvalue weighted by Gasteiger charge is 2.53. The fourth-order valence-electron chi connectivity index (χ4n) is 10.4. The van der Waals surface area contributed by atoms with Gasteiger partial charge < -0.3 is 43.3 Å². The Labute approximate surface area is 409 Å². The van der Waals surface area contributed by atoms with Gasteiger partial charge >= 0.3 is 13.6 Å². The number of fused-ring (bicyclic) bond motifs is 3. The van der Waals surface area contributed by atoms with Gasteiger partial charge in [0.25, 0.3) is 11.7 Å². The summed E-state index contributed by atoms with van der Waals surface area (Å²) in [6.45, 7) is 12.6. The van der Waals surface area contributed by atoms with E-state index in [0.717, 1.165) is 5.57 Å². The van der Waals surface area contributed by atoms with Crippen LogP contribution in [0.25, 0.3) is 0 Å². The van der Waals surface area contributed by atoms with Crippen molar-refractivity contribution in [1.82, 2.24) is 4.90 Å². The first kappa shape index (κ1) is 58.4. The maximum atomic E-state index is 14.5. The number of methoxy groups -OCH3 is 3. The van der Waals surface area contributed by atoms with E-state index in [9.17, 15) is 38.8 Å². The first-order chi connectivity index (χ1) is 32.4. The number of aliphatic hydroxyl groups is 2. The number of carbonyl (C=O) groups is 5. The van der Waals surface area contributed by atoms with Crippen LogP contribution in [-0.4, -0.2) is 127 Å². The topological polar surface area (TPSA) is 254 Å². The number of carbonyl (C=O) groups excluding carboxylic acids is 5. The third-order valence-corrected chi connectivity index (χ3v) is 15.4. The molecule has 2 saturated heterocycles. The van der Waals surface area contributed by atoms with Gasteiger partial charge in [0.15, 0.2) is 5.78 Å². The lowest BCUT2D eigenvalue weighted by Gasteiger charge is -2.42. The summed E-state index contributed by atoms with van der Waals surface area (Å²) >= 11 is 0. The molecule has 390 valence electrons. The van der Waals surface area contributed by atoms with Gasteiger partial charge in [0, 0.05) is 58.5 Å². The maximum Gasteiger partial charge on any atom is 0.335 e. The minimum atomic E-state index is -3.79. The quantitative estimate of drug-likeness (QED) is 0.0910. The Balaban J connectivity index is 1.70. The largest absolute Gasteiger partial charge is 0.460 e. The summed E-state index contributed by atoms with van der Waals surface area (Å²) in [7, 11) is 0.659. The lowest BCUT2D eigenvalue weighted by Crippen LogP contribution is -2.61. The summed E-state index contributed by atoms with van der Waals surface area (Å²) in [5.41, 5.74) is 12.3. The predicted molar refractivity (Wildman–Crippen MR) is 260 cm³/mol. The average molecular weight is 992 g/mol. The molecule has 0 aromatic heterocycles. The summed E-state index contributed by atoms with van der Waals surface area (Å²) < 4.78 is 47.1. The van der Waals surface area contributed by atoms with Crippen LogP contribution in [0.2, 0.25) is 0 Å². The van der Waals surface area contributed by atoms with Crippen molar-refractivity contribution < 1.29 is 67.0 Å². The van der Waals surface area contributed by atoms with Gasteiger partial charge in [-0.25, -0.2) is 15.8 Å². The summed E-state index contributed by atoms with van der Waals surface area (Å²) in [4.78, 5) is 72.1. The van der Waals surface area contributed by atoms with Crippen LogP contribution < -0.4 is 11.0 Å². The Morgan fingerprint density at radius 1 is 0.870 bits per heavy atom. The van der Waals surface area contributed by atoms with Gasteiger partial charge in [0.1, 0.15) is 30.1 Å². The van der Waals surface area contributed by atoms with Crippen molar-refractivity contribution >= 4 is 36.9 Å². The number of rotatable bonds is 8. The number of ketones is 3. The van der Waals surface area contributed by atoms with E-state index in [4.69, 9.17) is 39.2 Å². The number of nitrogens with two attached hydrogens (primary N) is 2. The van der Waals surface area contributed by atoms with Crippen molar-refractivity contribution in [2.45, 2.75) is 180 Å². The monoisotopic (exact) mass is 992 g/mol. The van der Waals surface area contributed by atoms with E-state index in [1.165, 1.54) is 19.1 Å². The van der Waals surface area contributed by atoms with Gasteiger partial charge in [-0.1, -0.05) is 71.1 Å². The van der Waals surface area contributed by atoms with Crippen molar-refractivity contribution in [2.24, 2.45) is 46.5 Å². The highest BCUT2D eigenvalue weighted by molar-refractivity contribution is 7.53. The zero-order chi connectivity index (χ0) is 51.4. The molecule has 4 rings (SSSR count). The lowest BCUT2D eigenvalue weighted by atomic mass is 9.78. The van der Waals surface area contributed by atoms with E-state index >= 15 is 0 Å². The van der Waals surface area contributed by atoms with Gasteiger partial charge in [-0.05, 0) is 107 Å². The Bertz CT molecular complexity index is 1950. The fraction of sp³-hybridized carbons (Fsp3) is 0.745. The van der Waals surface area contributed by atoms with Crippen molar-refractivity contribution in [2.75, 3.05) is 27.9 Å². The number of ether oxygens (including phenoxy) is 5. The number of allylic oxidation sites excluding steroid dienone is 6. The van der Waals surface area contributed by atoms with Gasteiger partial charge in [-0.15, -0.1) is 0 Å². The molecule has 15 atom stereocenters. The van der Waals surface area contributed by atoms with Crippen molar-refractivity contribution in [1.29, 1.82) is 0 Å². The van der Waals surface area contributed by atoms with Gasteiger partial charge in [-0.3, -0.25) is 23.7 Å². The molecular weight excluding hydrogens is 910 g/mol. The standard InChI is InChI=1S/C51H82N3O14P/c1-30-16-12-11-13-17-31(2)42(63-8)28-38-21-19-36(7)51(61,67-38)48(58)49(59)54-23-15-14-18-39(54)50(60)66-43(33(4)26-37-20-22-41(44(27-37)64-9)68-69(52,53)62)29-40(55)32(3)25-35(6)46(57)47(65-10)45(56)34(5)24-30/h11-13,16-17,25,30,32-34,36-39,41-44,46-47,57,61H,14-15,18-24,26-29H2,1-10H3,(H4,52,53,62)/b13-11+,16-12+,31-17+,35-25+/t30-,32-,33-,34-,36-,37+,38+,39?,41-,42+,43+,44-,46-,47+,51-/m1/s1. The summed E-state index contributed by atoms with van der Waals surface area (Å²) in [6.07, 6.45) is 10.2. The van der Waals surface area contributed by atoms with Crippen molar-refractivity contribution in [3.8, 4) is 0 Å². The Morgan fingerprint density at radius 2 is 1.58 bits per heavy atom. The number of esters is 1. The molecule has 6 N–H and O–H groups in total. The molecule has 3 aliphatic heterocycles. The second-order valence-electron chi connectivity index (χ2n) is 20.3. The summed E-state index contributed by atoms with van der Waals surface area (Å²) in [5, 5.41) is 23.4. The minimum Gasteiger partial charge on any atom is -0.460 e. The van der Waals surface area contributed by atoms with Crippen molar-refractivity contribution in [3.05, 3.63) is 47.6 Å². The van der Waals surface area contributed by atoms with Gasteiger partial charge in [-0.2, -0.15) is 0 Å². The number of piperidine rings is 1. The van der Waals surface area contributed by atoms with Crippen LogP contribution >= 0.6 is 7.67 Å². The fourth-order valence-corrected chi connectivity index (χ4v) is 11.1. The van der Waals surface area contributed by atoms with Crippen LogP contribution in [0.3, 0.4) is 0 Å². The molecule has 0 spiro atoms. The number of nitrogens with zero attached hydrogens (tertiary/aromatic N) is 1. The minimum absolute atomic E-state index is 0.00261. The number of cyclic esters (lactones) is 1. The van der Waals surface area contributed by atoms with E-state index in [1.807, 2.05) is 51.2 Å². The molecule has 1 unspecified atom stereocenters. The van der Waals surface area contributed by atoms with Crippen molar-refractivity contribution in [3.63, 3.8) is 0 Å². The molecule has 4 aliphatic rings. The lowest BCUT2D eigenvalue weighted by molar-refractivity contribution is -0.265. The zero-order valence-electron chi connectivity index (χ0n) is 42.6. The number of hydrogen-bond donors (Lipinski definition) is 4. The number of amides is 1. The van der Waals surface area contributed by atoms with Crippen LogP contribution in [0, 0.1) is 35.5 Å². The summed E-state index contributed by atoms with van der Waals surface area (Å²) in [5.74, 6) is -8.41. The van der Waals surface area contributed by atoms with E-state index in [0.29, 0.717) is 69.8 Å². The molecule has 3 heterocycles. The van der Waals surface area contributed by atoms with E-state index in [1.54, 1.807) is 40.9 Å². The van der Waals surface area contributed by atoms with Crippen LogP contribution in [0.15, 0.2) is 47.6 Å². The summed E-state index contributed by atoms with van der Waals surface area (Å²) in [6, 6.07) is -1.18. The van der Waals surface area contributed by atoms with Gasteiger partial charge in [0.05, 0.1) is 24.4 Å². The predicted octanol–water partition coefficient (Wildman–Crippen LogP) is 6.23. The normalized spacial score (nSPS) is 39.0. The molecule has 1 aliphatic carbocycles. The molecule has 2 bridgehead atoms. The molecule has 69 heavy (non-hydrogen) atoms. The van der Waals surface area contributed by atoms with Gasteiger partial charge in [0.2, 0.25) is 5.79 Å².